The van der Waals surface area contributed by atoms with Crippen LogP contribution in [0.25, 0.3) is 0 Å². The van der Waals surface area contributed by atoms with Crippen molar-refractivity contribution in [2.45, 2.75) is 19.4 Å². The highest BCUT2D eigenvalue weighted by Crippen LogP contribution is 2.16. The molecule has 8 heteroatoms. The minimum Gasteiger partial charge on any atom is -0.377 e. The highest BCUT2D eigenvalue weighted by Gasteiger charge is 2.02. The summed E-state index contributed by atoms with van der Waals surface area (Å²) < 4.78 is 5.64. The van der Waals surface area contributed by atoms with Crippen LogP contribution in [0.1, 0.15) is 16.9 Å². The zero-order valence-corrected chi connectivity index (χ0v) is 14.8. The summed E-state index contributed by atoms with van der Waals surface area (Å²) in [5.41, 5.74) is 1.21. The molecule has 23 heavy (non-hydrogen) atoms. The van der Waals surface area contributed by atoms with E-state index >= 15 is 0 Å². The first-order valence-electron chi connectivity index (χ1n) is 7.57. The van der Waals surface area contributed by atoms with E-state index in [2.05, 4.69) is 41.1 Å². The molecule has 0 radical (unpaired) electrons. The predicted octanol–water partition coefficient (Wildman–Crippen LogP) is 1.64. The second kappa shape index (κ2) is 11.0. The number of thiophene rings is 1. The molecule has 0 fully saturated rings. The SMILES string of the molecule is CNC(=C[N+](=O)[O-])NCCCOCc1csc(CCN(C)C)c1. The Kier molecular flexibility index (Phi) is 9.27. The Hall–Kier alpha value is -1.64. The van der Waals surface area contributed by atoms with E-state index < -0.39 is 4.92 Å². The monoisotopic (exact) mass is 342 g/mol. The Morgan fingerprint density at radius 2 is 2.30 bits per heavy atom. The molecule has 0 saturated carbocycles. The summed E-state index contributed by atoms with van der Waals surface area (Å²) >= 11 is 1.77. The standard InChI is InChI=1S/C15H26N4O3S/c1-16-15(10-19(20)21)17-6-4-8-22-11-13-9-14(23-12-13)5-7-18(2)3/h9-10,12,16-17H,4-8,11H2,1-3H3. The second-order valence-corrected chi connectivity index (χ2v) is 6.38. The fourth-order valence-electron chi connectivity index (χ4n) is 1.86. The lowest BCUT2D eigenvalue weighted by atomic mass is 10.3. The largest absolute Gasteiger partial charge is 0.377 e. The molecule has 0 saturated heterocycles. The van der Waals surface area contributed by atoms with Crippen molar-refractivity contribution < 1.29 is 9.66 Å². The molecule has 0 unspecified atom stereocenters. The normalized spacial score (nSPS) is 11.7. The molecule has 0 aromatic carbocycles. The quantitative estimate of drug-likeness (QED) is 0.341. The summed E-state index contributed by atoms with van der Waals surface area (Å²) in [6, 6.07) is 2.20. The van der Waals surface area contributed by atoms with E-state index in [1.807, 2.05) is 0 Å². The molecule has 2 N–H and O–H groups in total. The summed E-state index contributed by atoms with van der Waals surface area (Å²) in [5.74, 6) is 0.401. The van der Waals surface area contributed by atoms with E-state index in [1.54, 1.807) is 18.4 Å². The van der Waals surface area contributed by atoms with Crippen molar-refractivity contribution in [2.75, 3.05) is 40.8 Å². The zero-order chi connectivity index (χ0) is 17.1. The van der Waals surface area contributed by atoms with Crippen LogP contribution in [0.5, 0.6) is 0 Å². The van der Waals surface area contributed by atoms with Gasteiger partial charge in [0.15, 0.2) is 5.82 Å². The third-order valence-electron chi connectivity index (χ3n) is 3.07. The fourth-order valence-corrected chi connectivity index (χ4v) is 2.73. The van der Waals surface area contributed by atoms with E-state index in [0.717, 1.165) is 25.6 Å². The van der Waals surface area contributed by atoms with Gasteiger partial charge in [0.05, 0.1) is 11.5 Å². The molecule has 7 nitrogen and oxygen atoms in total. The molecule has 0 aliphatic rings. The van der Waals surface area contributed by atoms with Gasteiger partial charge in [0.25, 0.3) is 6.20 Å². The van der Waals surface area contributed by atoms with Gasteiger partial charge in [0.1, 0.15) is 0 Å². The average molecular weight is 342 g/mol. The molecule has 1 aromatic heterocycles. The van der Waals surface area contributed by atoms with E-state index in [-0.39, 0.29) is 0 Å². The molecule has 0 spiro atoms. The van der Waals surface area contributed by atoms with Crippen LogP contribution in [0.4, 0.5) is 0 Å². The van der Waals surface area contributed by atoms with Crippen molar-refractivity contribution in [3.05, 3.63) is 44.0 Å². The predicted molar refractivity (Wildman–Crippen MR) is 93.0 cm³/mol. The van der Waals surface area contributed by atoms with Crippen LogP contribution in [0.2, 0.25) is 0 Å². The van der Waals surface area contributed by atoms with Crippen molar-refractivity contribution >= 4 is 11.3 Å². The molecule has 0 aliphatic heterocycles. The minimum absolute atomic E-state index is 0.401. The maximum atomic E-state index is 10.4. The molecule has 1 aromatic rings. The van der Waals surface area contributed by atoms with E-state index in [9.17, 15) is 10.1 Å². The Labute approximate surface area is 141 Å². The number of likely N-dealkylation sites (N-methyl/N-ethyl adjacent to an activating group) is 1. The summed E-state index contributed by atoms with van der Waals surface area (Å²) in [7, 11) is 5.79. The molecule has 0 aliphatic carbocycles. The molecule has 1 heterocycles. The Morgan fingerprint density at radius 3 is 2.96 bits per heavy atom. The van der Waals surface area contributed by atoms with Crippen LogP contribution in [0.15, 0.2) is 23.5 Å². The molecule has 0 amide bonds. The highest BCUT2D eigenvalue weighted by atomic mass is 32.1. The van der Waals surface area contributed by atoms with Crippen molar-refractivity contribution in [2.24, 2.45) is 0 Å². The molecule has 0 atom stereocenters. The van der Waals surface area contributed by atoms with Crippen molar-refractivity contribution in [3.8, 4) is 0 Å². The van der Waals surface area contributed by atoms with E-state index in [4.69, 9.17) is 4.74 Å². The minimum atomic E-state index is -0.486. The van der Waals surface area contributed by atoms with Crippen LogP contribution >= 0.6 is 11.3 Å². The Bertz CT molecular complexity index is 503. The van der Waals surface area contributed by atoms with Gasteiger partial charge in [-0.15, -0.1) is 11.3 Å². The maximum Gasteiger partial charge on any atom is 0.274 e. The van der Waals surface area contributed by atoms with Crippen LogP contribution in [-0.4, -0.2) is 50.7 Å². The smallest absolute Gasteiger partial charge is 0.274 e. The van der Waals surface area contributed by atoms with Gasteiger partial charge in [-0.3, -0.25) is 10.1 Å². The number of hydrogen-bond donors (Lipinski definition) is 2. The Balaban J connectivity index is 2.14. The van der Waals surface area contributed by atoms with Gasteiger partial charge in [-0.05, 0) is 43.9 Å². The third kappa shape index (κ3) is 9.17. The third-order valence-corrected chi connectivity index (χ3v) is 4.11. The van der Waals surface area contributed by atoms with Crippen molar-refractivity contribution in [1.82, 2.24) is 15.5 Å². The van der Waals surface area contributed by atoms with Crippen LogP contribution in [0, 0.1) is 10.1 Å². The molecular formula is C15H26N4O3S. The zero-order valence-electron chi connectivity index (χ0n) is 14.0. The first-order chi connectivity index (χ1) is 11.0. The summed E-state index contributed by atoms with van der Waals surface area (Å²) in [4.78, 5) is 13.4. The van der Waals surface area contributed by atoms with Crippen LogP contribution < -0.4 is 10.6 Å². The molecule has 130 valence electrons. The second-order valence-electron chi connectivity index (χ2n) is 5.39. The first-order valence-corrected chi connectivity index (χ1v) is 8.45. The molecular weight excluding hydrogens is 316 g/mol. The van der Waals surface area contributed by atoms with Crippen molar-refractivity contribution in [3.63, 3.8) is 0 Å². The van der Waals surface area contributed by atoms with Crippen LogP contribution in [0.3, 0.4) is 0 Å². The van der Waals surface area contributed by atoms with Gasteiger partial charge in [-0.1, -0.05) is 0 Å². The number of nitrogens with one attached hydrogen (secondary N) is 2. The summed E-state index contributed by atoms with van der Waals surface area (Å²) in [6.07, 6.45) is 2.77. The number of nitro groups is 1. The lowest BCUT2D eigenvalue weighted by Gasteiger charge is -2.08. The fraction of sp³-hybridized carbons (Fsp3) is 0.600. The van der Waals surface area contributed by atoms with Gasteiger partial charge in [-0.25, -0.2) is 0 Å². The van der Waals surface area contributed by atoms with E-state index in [0.29, 0.717) is 25.6 Å². The molecule has 0 bridgehead atoms. The van der Waals surface area contributed by atoms with Gasteiger partial charge in [-0.2, -0.15) is 0 Å². The average Bonchev–Trinajstić information content (AvgIpc) is 2.94. The summed E-state index contributed by atoms with van der Waals surface area (Å²) in [6.45, 7) is 2.91. The Morgan fingerprint density at radius 1 is 1.52 bits per heavy atom. The lowest BCUT2D eigenvalue weighted by molar-refractivity contribution is -0.404. The maximum absolute atomic E-state index is 10.4. The number of nitrogens with zero attached hydrogens (tertiary/aromatic N) is 2. The topological polar surface area (TPSA) is 79.7 Å². The van der Waals surface area contributed by atoms with E-state index in [1.165, 1.54) is 10.4 Å². The van der Waals surface area contributed by atoms with Gasteiger partial charge in [0, 0.05) is 31.6 Å². The summed E-state index contributed by atoms with van der Waals surface area (Å²) in [5, 5.41) is 18.2. The van der Waals surface area contributed by atoms with Crippen LogP contribution in [-0.2, 0) is 17.8 Å². The lowest BCUT2D eigenvalue weighted by Crippen LogP contribution is -2.26. The number of rotatable bonds is 12. The number of ether oxygens (including phenoxy) is 1. The van der Waals surface area contributed by atoms with Crippen molar-refractivity contribution in [1.29, 1.82) is 0 Å². The highest BCUT2D eigenvalue weighted by molar-refractivity contribution is 7.10. The molecule has 1 rings (SSSR count). The van der Waals surface area contributed by atoms with Gasteiger partial charge >= 0.3 is 0 Å². The van der Waals surface area contributed by atoms with Gasteiger partial charge < -0.3 is 20.3 Å². The number of hydrogen-bond acceptors (Lipinski definition) is 7. The van der Waals surface area contributed by atoms with Gasteiger partial charge in [0.2, 0.25) is 0 Å². The first kappa shape index (κ1) is 19.4.